The van der Waals surface area contributed by atoms with Crippen LogP contribution in [0.4, 0.5) is 8.78 Å². The van der Waals surface area contributed by atoms with Gasteiger partial charge in [0.25, 0.3) is 0 Å². The van der Waals surface area contributed by atoms with Gasteiger partial charge < -0.3 is 14.2 Å². The van der Waals surface area contributed by atoms with Crippen LogP contribution in [0, 0.1) is 7.14 Å². The van der Waals surface area contributed by atoms with Crippen molar-refractivity contribution in [3.8, 4) is 0 Å². The number of rotatable bonds is 9. The molecule has 0 saturated carbocycles. The number of hydrogen-bond acceptors (Lipinski definition) is 8. The van der Waals surface area contributed by atoms with Crippen LogP contribution in [0.5, 0.6) is 0 Å². The average molecular weight is 738 g/mol. The fourth-order valence-electron chi connectivity index (χ4n) is 2.54. The summed E-state index contributed by atoms with van der Waals surface area (Å²) < 4.78 is 73.6. The van der Waals surface area contributed by atoms with Crippen molar-refractivity contribution in [3.63, 3.8) is 0 Å². The Balaban J connectivity index is 2.34. The maximum atomic E-state index is 13.6. The molecule has 1 atom stereocenters. The molecule has 0 aliphatic carbocycles. The second-order valence-electron chi connectivity index (χ2n) is 7.52. The van der Waals surface area contributed by atoms with E-state index in [0.29, 0.717) is 7.14 Å². The van der Waals surface area contributed by atoms with Gasteiger partial charge in [0, 0.05) is 7.14 Å². The summed E-state index contributed by atoms with van der Waals surface area (Å²) >= 11 is 3.88. The van der Waals surface area contributed by atoms with Crippen LogP contribution in [0.2, 0.25) is 0 Å². The van der Waals surface area contributed by atoms with Gasteiger partial charge in [-0.2, -0.15) is 17.2 Å². The third-order valence-corrected chi connectivity index (χ3v) is 6.52. The van der Waals surface area contributed by atoms with Crippen LogP contribution in [-0.4, -0.2) is 54.4 Å². The number of hydrogen-bond donors (Lipinski definition) is 1. The zero-order valence-electron chi connectivity index (χ0n) is 18.0. The fourth-order valence-corrected chi connectivity index (χ4v) is 3.83. The van der Waals surface area contributed by atoms with E-state index >= 15 is 0 Å². The molecule has 2 aromatic rings. The monoisotopic (exact) mass is 738 g/mol. The molecule has 0 aliphatic rings. The number of carbonyl (C=O) groups is 3. The van der Waals surface area contributed by atoms with Crippen molar-refractivity contribution in [1.29, 1.82) is 0 Å². The molecule has 2 aromatic carbocycles. The molecule has 0 fully saturated rings. The first-order chi connectivity index (χ1) is 16.0. The summed E-state index contributed by atoms with van der Waals surface area (Å²) in [5.41, 5.74) is -1.86. The summed E-state index contributed by atoms with van der Waals surface area (Å²) in [6.07, 6.45) is -2.09. The summed E-state index contributed by atoms with van der Waals surface area (Å²) in [5.74, 6) is -3.61. The number of ether oxygens (including phenoxy) is 3. The maximum Gasteiger partial charge on any atom is 0.402 e. The Morgan fingerprint density at radius 1 is 0.971 bits per heavy atom. The van der Waals surface area contributed by atoms with Gasteiger partial charge in [-0.1, -0.05) is 12.1 Å². The van der Waals surface area contributed by atoms with Crippen molar-refractivity contribution in [3.05, 3.63) is 66.8 Å². The molecule has 0 aromatic heterocycles. The van der Waals surface area contributed by atoms with E-state index in [1.54, 1.807) is 18.2 Å². The number of esters is 3. The summed E-state index contributed by atoms with van der Waals surface area (Å²) in [7, 11) is -5.89. The van der Waals surface area contributed by atoms with Crippen molar-refractivity contribution < 1.29 is 50.3 Å². The molecule has 14 heteroatoms. The van der Waals surface area contributed by atoms with Crippen molar-refractivity contribution >= 4 is 73.2 Å². The zero-order chi connectivity index (χ0) is 26.6. The van der Waals surface area contributed by atoms with Gasteiger partial charge in [-0.3, -0.25) is 4.55 Å². The summed E-state index contributed by atoms with van der Waals surface area (Å²) in [6.45, 7) is 0.282. The molecule has 0 heterocycles. The van der Waals surface area contributed by atoms with E-state index in [-0.39, 0.29) is 11.1 Å². The molecule has 1 unspecified atom stereocenters. The van der Waals surface area contributed by atoms with Gasteiger partial charge in [-0.05, 0) is 95.4 Å². The van der Waals surface area contributed by atoms with Crippen molar-refractivity contribution in [2.45, 2.75) is 30.8 Å². The standard InChI is InChI=1S/C21H18F2I2O9S/c1-20(2,34-18(27)13-6-4-8-15(25)10-13)16(19(28)32-11-21(22,23)35(29,30)31)33-17(26)12-5-3-7-14(24)9-12/h3-10,16H,11H2,1-2H3,(H,29,30,31). The zero-order valence-corrected chi connectivity index (χ0v) is 23.2. The molecule has 1 N–H and O–H groups in total. The fraction of sp³-hybridized carbons (Fsp3) is 0.286. The molecule has 9 nitrogen and oxygen atoms in total. The molecule has 190 valence electrons. The number of benzene rings is 2. The Morgan fingerprint density at radius 2 is 1.46 bits per heavy atom. The van der Waals surface area contributed by atoms with Crippen LogP contribution < -0.4 is 0 Å². The highest BCUT2D eigenvalue weighted by Crippen LogP contribution is 2.26. The minimum atomic E-state index is -5.89. The van der Waals surface area contributed by atoms with Gasteiger partial charge in [0.15, 0.2) is 12.2 Å². The average Bonchev–Trinajstić information content (AvgIpc) is 2.74. The maximum absolute atomic E-state index is 13.6. The molecule has 0 radical (unpaired) electrons. The number of alkyl halides is 2. The van der Waals surface area contributed by atoms with Crippen LogP contribution in [-0.2, 0) is 29.1 Å². The van der Waals surface area contributed by atoms with E-state index in [0.717, 1.165) is 0 Å². The SMILES string of the molecule is CC(C)(OC(=O)c1cccc(I)c1)C(OC(=O)c1cccc(I)c1)C(=O)OCC(F)(F)S(=O)(=O)O. The largest absolute Gasteiger partial charge is 0.455 e. The molecule has 0 spiro atoms. The highest BCUT2D eigenvalue weighted by molar-refractivity contribution is 14.1. The highest BCUT2D eigenvalue weighted by Gasteiger charge is 2.49. The van der Waals surface area contributed by atoms with Crippen molar-refractivity contribution in [1.82, 2.24) is 0 Å². The van der Waals surface area contributed by atoms with E-state index in [4.69, 9.17) is 14.0 Å². The topological polar surface area (TPSA) is 133 Å². The molecule has 0 amide bonds. The Morgan fingerprint density at radius 3 is 1.91 bits per heavy atom. The first kappa shape index (κ1) is 29.3. The smallest absolute Gasteiger partial charge is 0.402 e. The van der Waals surface area contributed by atoms with E-state index in [9.17, 15) is 31.6 Å². The van der Waals surface area contributed by atoms with Gasteiger partial charge in [0.1, 0.15) is 0 Å². The van der Waals surface area contributed by atoms with Gasteiger partial charge in [0.05, 0.1) is 11.1 Å². The van der Waals surface area contributed by atoms with Gasteiger partial charge in [0.2, 0.25) is 6.10 Å². The lowest BCUT2D eigenvalue weighted by atomic mass is 10.0. The van der Waals surface area contributed by atoms with Crippen molar-refractivity contribution in [2.24, 2.45) is 0 Å². The second kappa shape index (κ2) is 11.4. The first-order valence-corrected chi connectivity index (χ1v) is 13.1. The van der Waals surface area contributed by atoms with E-state index in [1.807, 2.05) is 45.2 Å². The Labute approximate surface area is 226 Å². The lowest BCUT2D eigenvalue weighted by Crippen LogP contribution is -2.50. The van der Waals surface area contributed by atoms with Crippen LogP contribution in [0.1, 0.15) is 34.6 Å². The first-order valence-electron chi connectivity index (χ1n) is 9.50. The van der Waals surface area contributed by atoms with E-state index < -0.39 is 51.6 Å². The number of halogens is 4. The molecule has 0 saturated heterocycles. The molecule has 0 aliphatic heterocycles. The lowest BCUT2D eigenvalue weighted by molar-refractivity contribution is -0.172. The molecule has 0 bridgehead atoms. The predicted octanol–water partition coefficient (Wildman–Crippen LogP) is 4.08. The van der Waals surface area contributed by atoms with E-state index in [2.05, 4.69) is 4.74 Å². The van der Waals surface area contributed by atoms with Crippen molar-refractivity contribution in [2.75, 3.05) is 6.61 Å². The number of carbonyl (C=O) groups excluding carboxylic acids is 3. The predicted molar refractivity (Wildman–Crippen MR) is 134 cm³/mol. The quantitative estimate of drug-likeness (QED) is 0.175. The molecule has 35 heavy (non-hydrogen) atoms. The van der Waals surface area contributed by atoms with Crippen LogP contribution in [0.3, 0.4) is 0 Å². The van der Waals surface area contributed by atoms with Gasteiger partial charge in [-0.25, -0.2) is 14.4 Å². The third-order valence-electron chi connectivity index (χ3n) is 4.31. The minimum absolute atomic E-state index is 0.00212. The van der Waals surface area contributed by atoms with E-state index in [1.165, 1.54) is 44.2 Å². The van der Waals surface area contributed by atoms with Crippen LogP contribution in [0.15, 0.2) is 48.5 Å². The normalized spacial score (nSPS) is 13.0. The molecule has 2 rings (SSSR count). The van der Waals surface area contributed by atoms with Gasteiger partial charge >= 0.3 is 33.3 Å². The Kier molecular flexibility index (Phi) is 9.57. The lowest BCUT2D eigenvalue weighted by Gasteiger charge is -2.32. The minimum Gasteiger partial charge on any atom is -0.455 e. The van der Waals surface area contributed by atoms with Gasteiger partial charge in [-0.15, -0.1) is 0 Å². The molecular weight excluding hydrogens is 720 g/mol. The Bertz CT molecular complexity index is 1230. The van der Waals surface area contributed by atoms with Crippen LogP contribution in [0.25, 0.3) is 0 Å². The Hall–Kier alpha value is -1.92. The second-order valence-corrected chi connectivity index (χ2v) is 11.6. The van der Waals surface area contributed by atoms with Crippen LogP contribution >= 0.6 is 45.2 Å². The highest BCUT2D eigenvalue weighted by atomic mass is 127. The summed E-state index contributed by atoms with van der Waals surface area (Å²) in [5, 5.41) is -4.83. The molecular formula is C21H18F2I2O9S. The third kappa shape index (κ3) is 8.04. The summed E-state index contributed by atoms with van der Waals surface area (Å²) in [6, 6.07) is 12.2. The summed E-state index contributed by atoms with van der Waals surface area (Å²) in [4.78, 5) is 38.0.